The lowest BCUT2D eigenvalue weighted by molar-refractivity contribution is 0.587. The molecule has 3 heterocycles. The summed E-state index contributed by atoms with van der Waals surface area (Å²) < 4.78 is 15.9. The van der Waals surface area contributed by atoms with Gasteiger partial charge in [0.25, 0.3) is 0 Å². The van der Waals surface area contributed by atoms with E-state index in [1.54, 1.807) is 23.0 Å². The van der Waals surface area contributed by atoms with E-state index in [9.17, 15) is 4.39 Å². The number of aromatic nitrogens is 4. The van der Waals surface area contributed by atoms with Gasteiger partial charge in [-0.2, -0.15) is 5.10 Å². The molecule has 5 heteroatoms. The summed E-state index contributed by atoms with van der Waals surface area (Å²) in [6.07, 6.45) is 3.55. The third-order valence-corrected chi connectivity index (χ3v) is 4.16. The maximum absolute atomic E-state index is 14.1. The van der Waals surface area contributed by atoms with Gasteiger partial charge in [-0.05, 0) is 42.8 Å². The first-order valence-corrected chi connectivity index (χ1v) is 8.36. The minimum atomic E-state index is -0.245. The molecular weight excluding hydrogens is 327 g/mol. The smallest absolute Gasteiger partial charge is 0.128 e. The number of aryl methyl sites for hydroxylation is 1. The van der Waals surface area contributed by atoms with E-state index >= 15 is 0 Å². The molecule has 0 saturated carbocycles. The molecule has 3 aromatic heterocycles. The van der Waals surface area contributed by atoms with Crippen molar-refractivity contribution in [2.45, 2.75) is 13.5 Å². The molecule has 0 aliphatic rings. The number of nitrogens with zero attached hydrogens (tertiary/aromatic N) is 4. The largest absolute Gasteiger partial charge is 0.258 e. The summed E-state index contributed by atoms with van der Waals surface area (Å²) in [5.74, 6) is -0.245. The average Bonchev–Trinajstić information content (AvgIpc) is 3.09. The molecule has 4 aromatic rings. The molecule has 0 amide bonds. The fourth-order valence-corrected chi connectivity index (χ4v) is 2.79. The van der Waals surface area contributed by atoms with Gasteiger partial charge in [0, 0.05) is 18.0 Å². The van der Waals surface area contributed by atoms with E-state index in [1.807, 2.05) is 55.6 Å². The topological polar surface area (TPSA) is 43.6 Å². The Morgan fingerprint density at radius 3 is 2.46 bits per heavy atom. The van der Waals surface area contributed by atoms with Gasteiger partial charge in [0.2, 0.25) is 0 Å². The van der Waals surface area contributed by atoms with Gasteiger partial charge in [-0.25, -0.2) is 4.39 Å². The minimum Gasteiger partial charge on any atom is -0.258 e. The Labute approximate surface area is 151 Å². The van der Waals surface area contributed by atoms with Crippen LogP contribution in [-0.4, -0.2) is 19.7 Å². The van der Waals surface area contributed by atoms with Crippen molar-refractivity contribution in [2.24, 2.45) is 0 Å². The molecule has 4 rings (SSSR count). The fraction of sp³-hybridized carbons (Fsp3) is 0.0952. The van der Waals surface area contributed by atoms with E-state index in [4.69, 9.17) is 0 Å². The van der Waals surface area contributed by atoms with Crippen LogP contribution in [0.5, 0.6) is 0 Å². The predicted molar refractivity (Wildman–Crippen MR) is 98.9 cm³/mol. The first kappa shape index (κ1) is 16.1. The molecule has 0 bridgehead atoms. The van der Waals surface area contributed by atoms with Gasteiger partial charge in [-0.3, -0.25) is 14.6 Å². The fourth-order valence-electron chi connectivity index (χ4n) is 2.79. The summed E-state index contributed by atoms with van der Waals surface area (Å²) in [4.78, 5) is 8.87. The second kappa shape index (κ2) is 6.88. The number of hydrogen-bond donors (Lipinski definition) is 0. The lowest BCUT2D eigenvalue weighted by atomic mass is 10.2. The van der Waals surface area contributed by atoms with Gasteiger partial charge in [-0.1, -0.05) is 30.3 Å². The van der Waals surface area contributed by atoms with Crippen LogP contribution >= 0.6 is 0 Å². The quantitative estimate of drug-likeness (QED) is 0.547. The lowest BCUT2D eigenvalue weighted by Gasteiger charge is -2.08. The molecule has 0 N–H and O–H groups in total. The van der Waals surface area contributed by atoms with E-state index in [0.29, 0.717) is 12.1 Å². The molecule has 0 fully saturated rings. The van der Waals surface area contributed by atoms with E-state index < -0.39 is 0 Å². The average molecular weight is 344 g/mol. The van der Waals surface area contributed by atoms with Crippen LogP contribution in [0.2, 0.25) is 0 Å². The summed E-state index contributed by atoms with van der Waals surface area (Å²) in [7, 11) is 0. The van der Waals surface area contributed by atoms with Gasteiger partial charge in [0.1, 0.15) is 11.5 Å². The monoisotopic (exact) mass is 344 g/mol. The minimum absolute atomic E-state index is 0.245. The van der Waals surface area contributed by atoms with Crippen molar-refractivity contribution in [3.63, 3.8) is 0 Å². The summed E-state index contributed by atoms with van der Waals surface area (Å²) in [5, 5.41) is 4.66. The first-order chi connectivity index (χ1) is 12.7. The first-order valence-electron chi connectivity index (χ1n) is 8.36. The Bertz CT molecular complexity index is 1020. The van der Waals surface area contributed by atoms with Crippen molar-refractivity contribution in [3.8, 4) is 22.8 Å². The van der Waals surface area contributed by atoms with Crippen LogP contribution in [0.25, 0.3) is 22.8 Å². The Morgan fingerprint density at radius 2 is 1.73 bits per heavy atom. The zero-order valence-corrected chi connectivity index (χ0v) is 14.3. The highest BCUT2D eigenvalue weighted by Gasteiger charge is 2.14. The van der Waals surface area contributed by atoms with E-state index in [-0.39, 0.29) is 5.82 Å². The van der Waals surface area contributed by atoms with Crippen molar-refractivity contribution in [1.29, 1.82) is 0 Å². The molecule has 0 atom stereocenters. The Balaban J connectivity index is 1.81. The van der Waals surface area contributed by atoms with E-state index in [2.05, 4.69) is 15.1 Å². The molecule has 0 spiro atoms. The van der Waals surface area contributed by atoms with Crippen LogP contribution in [0, 0.1) is 12.7 Å². The summed E-state index contributed by atoms with van der Waals surface area (Å²) in [6, 6.07) is 18.3. The lowest BCUT2D eigenvalue weighted by Crippen LogP contribution is -2.06. The van der Waals surface area contributed by atoms with Crippen LogP contribution < -0.4 is 0 Å². The molecule has 0 radical (unpaired) electrons. The van der Waals surface area contributed by atoms with Crippen LogP contribution in [0.15, 0.2) is 73.1 Å². The molecule has 0 aliphatic heterocycles. The Kier molecular flexibility index (Phi) is 4.27. The molecule has 1 aromatic carbocycles. The third-order valence-electron chi connectivity index (χ3n) is 4.16. The van der Waals surface area contributed by atoms with Crippen molar-refractivity contribution >= 4 is 0 Å². The molecule has 0 saturated heterocycles. The van der Waals surface area contributed by atoms with Gasteiger partial charge >= 0.3 is 0 Å². The number of halogens is 1. The molecule has 128 valence electrons. The molecule has 0 aliphatic carbocycles. The number of benzene rings is 1. The molecule has 4 nitrogen and oxygen atoms in total. The number of rotatable bonds is 4. The van der Waals surface area contributed by atoms with Crippen molar-refractivity contribution < 1.29 is 4.39 Å². The SMILES string of the molecule is Cc1ccc(-c2cc(-c3ccccn3)nn2Cc2ccccc2F)nc1. The van der Waals surface area contributed by atoms with Crippen molar-refractivity contribution in [2.75, 3.05) is 0 Å². The number of hydrogen-bond acceptors (Lipinski definition) is 3. The zero-order chi connectivity index (χ0) is 17.9. The zero-order valence-electron chi connectivity index (χ0n) is 14.3. The molecule has 0 unspecified atom stereocenters. The highest BCUT2D eigenvalue weighted by molar-refractivity contribution is 5.64. The summed E-state index contributed by atoms with van der Waals surface area (Å²) >= 11 is 0. The molecule has 26 heavy (non-hydrogen) atoms. The van der Waals surface area contributed by atoms with E-state index in [0.717, 1.165) is 28.3 Å². The van der Waals surface area contributed by atoms with Gasteiger partial charge in [0.05, 0.1) is 23.6 Å². The van der Waals surface area contributed by atoms with Crippen molar-refractivity contribution in [1.82, 2.24) is 19.7 Å². The maximum Gasteiger partial charge on any atom is 0.128 e. The van der Waals surface area contributed by atoms with Crippen LogP contribution in [-0.2, 0) is 6.54 Å². The Morgan fingerprint density at radius 1 is 0.885 bits per heavy atom. The van der Waals surface area contributed by atoms with Gasteiger partial charge in [0.15, 0.2) is 0 Å². The predicted octanol–water partition coefficient (Wildman–Crippen LogP) is 4.50. The maximum atomic E-state index is 14.1. The Hall–Kier alpha value is -3.34. The van der Waals surface area contributed by atoms with Crippen LogP contribution in [0.1, 0.15) is 11.1 Å². The van der Waals surface area contributed by atoms with Gasteiger partial charge < -0.3 is 0 Å². The standard InChI is InChI=1S/C21H17FN4/c1-15-9-10-19(24-13-15)21-12-20(18-8-4-5-11-23-18)25-26(21)14-16-6-2-3-7-17(16)22/h2-13H,14H2,1H3. The van der Waals surface area contributed by atoms with Gasteiger partial charge in [-0.15, -0.1) is 0 Å². The van der Waals surface area contributed by atoms with E-state index in [1.165, 1.54) is 6.07 Å². The third kappa shape index (κ3) is 3.24. The highest BCUT2D eigenvalue weighted by Crippen LogP contribution is 2.25. The van der Waals surface area contributed by atoms with Crippen molar-refractivity contribution in [3.05, 3.63) is 90.0 Å². The van der Waals surface area contributed by atoms with Crippen LogP contribution in [0.3, 0.4) is 0 Å². The normalized spacial score (nSPS) is 10.8. The number of pyridine rings is 2. The highest BCUT2D eigenvalue weighted by atomic mass is 19.1. The summed E-state index contributed by atoms with van der Waals surface area (Å²) in [6.45, 7) is 2.32. The second-order valence-corrected chi connectivity index (χ2v) is 6.10. The summed E-state index contributed by atoms with van der Waals surface area (Å²) in [5.41, 5.74) is 4.79. The van der Waals surface area contributed by atoms with Crippen LogP contribution in [0.4, 0.5) is 4.39 Å². The second-order valence-electron chi connectivity index (χ2n) is 6.10. The molecular formula is C21H17FN4.